The molecule has 0 spiro atoms. The Morgan fingerprint density at radius 2 is 2.00 bits per heavy atom. The number of aromatic nitrogens is 2. The van der Waals surface area contributed by atoms with Gasteiger partial charge < -0.3 is 15.7 Å². The molecule has 0 amide bonds. The number of phenols is 1. The maximum absolute atomic E-state index is 9.42. The number of halogens is 1. The summed E-state index contributed by atoms with van der Waals surface area (Å²) in [6.45, 7) is 4.11. The second-order valence-electron chi connectivity index (χ2n) is 5.86. The van der Waals surface area contributed by atoms with E-state index in [0.29, 0.717) is 28.4 Å². The van der Waals surface area contributed by atoms with Crippen molar-refractivity contribution < 1.29 is 5.11 Å². The summed E-state index contributed by atoms with van der Waals surface area (Å²) in [6, 6.07) is 7.04. The maximum atomic E-state index is 9.42. The van der Waals surface area contributed by atoms with Crippen molar-refractivity contribution in [3.8, 4) is 5.75 Å². The minimum atomic E-state index is 0.138. The summed E-state index contributed by atoms with van der Waals surface area (Å²) < 4.78 is 0. The number of aromatic hydroxyl groups is 1. The third-order valence-electron chi connectivity index (χ3n) is 3.37. The highest BCUT2D eigenvalue weighted by Gasteiger charge is 2.26. The van der Waals surface area contributed by atoms with Crippen LogP contribution in [-0.4, -0.2) is 21.1 Å². The number of nitrogens with zero attached hydrogens (tertiary/aromatic N) is 2. The standard InChI is InChI=1S/C16H19ClN4O/c1-9(2)18-16-20-14(10-3-4-10)8-15(21-16)19-13-6-5-11(22)7-12(13)17/h5-10,22H,3-4H2,1-2H3,(H2,18,19,20,21). The van der Waals surface area contributed by atoms with Crippen LogP contribution >= 0.6 is 11.6 Å². The molecule has 1 aliphatic rings. The maximum Gasteiger partial charge on any atom is 0.225 e. The summed E-state index contributed by atoms with van der Waals surface area (Å²) in [5.74, 6) is 2.00. The van der Waals surface area contributed by atoms with Crippen molar-refractivity contribution in [2.75, 3.05) is 10.6 Å². The van der Waals surface area contributed by atoms with Crippen LogP contribution in [0.3, 0.4) is 0 Å². The second-order valence-corrected chi connectivity index (χ2v) is 6.27. The Balaban J connectivity index is 1.89. The summed E-state index contributed by atoms with van der Waals surface area (Å²) in [5.41, 5.74) is 1.76. The summed E-state index contributed by atoms with van der Waals surface area (Å²) >= 11 is 6.14. The summed E-state index contributed by atoms with van der Waals surface area (Å²) in [5, 5.41) is 16.3. The van der Waals surface area contributed by atoms with E-state index in [2.05, 4.69) is 34.4 Å². The molecule has 1 heterocycles. The third kappa shape index (κ3) is 3.60. The summed E-state index contributed by atoms with van der Waals surface area (Å²) in [7, 11) is 0. The van der Waals surface area contributed by atoms with E-state index >= 15 is 0 Å². The zero-order valence-corrected chi connectivity index (χ0v) is 13.4. The molecule has 3 rings (SSSR count). The van der Waals surface area contributed by atoms with Gasteiger partial charge in [0, 0.05) is 24.1 Å². The molecule has 0 unspecified atom stereocenters. The molecular formula is C16H19ClN4O. The van der Waals surface area contributed by atoms with Crippen LogP contribution < -0.4 is 10.6 Å². The van der Waals surface area contributed by atoms with E-state index in [1.807, 2.05) is 6.07 Å². The van der Waals surface area contributed by atoms with Gasteiger partial charge in [0.15, 0.2) is 0 Å². The van der Waals surface area contributed by atoms with Crippen molar-refractivity contribution in [1.29, 1.82) is 0 Å². The van der Waals surface area contributed by atoms with Gasteiger partial charge in [0.2, 0.25) is 5.95 Å². The van der Waals surface area contributed by atoms with Crippen LogP contribution in [0.4, 0.5) is 17.5 Å². The molecule has 1 fully saturated rings. The van der Waals surface area contributed by atoms with Crippen molar-refractivity contribution in [3.05, 3.63) is 35.0 Å². The molecule has 1 aliphatic carbocycles. The minimum absolute atomic E-state index is 0.138. The molecule has 0 radical (unpaired) electrons. The van der Waals surface area contributed by atoms with Gasteiger partial charge in [-0.3, -0.25) is 0 Å². The van der Waals surface area contributed by atoms with Gasteiger partial charge in [0.05, 0.1) is 16.4 Å². The van der Waals surface area contributed by atoms with Gasteiger partial charge in [0.25, 0.3) is 0 Å². The smallest absolute Gasteiger partial charge is 0.225 e. The average molecular weight is 319 g/mol. The molecule has 0 atom stereocenters. The Bertz CT molecular complexity index is 686. The van der Waals surface area contributed by atoms with E-state index in [4.69, 9.17) is 11.6 Å². The molecule has 116 valence electrons. The predicted molar refractivity (Wildman–Crippen MR) is 89.2 cm³/mol. The first-order chi connectivity index (χ1) is 10.5. The highest BCUT2D eigenvalue weighted by atomic mass is 35.5. The SMILES string of the molecule is CC(C)Nc1nc(Nc2ccc(O)cc2Cl)cc(C2CC2)n1. The number of benzene rings is 1. The average Bonchev–Trinajstić information content (AvgIpc) is 3.25. The van der Waals surface area contributed by atoms with Gasteiger partial charge in [-0.1, -0.05) is 11.6 Å². The van der Waals surface area contributed by atoms with Gasteiger partial charge in [-0.25, -0.2) is 4.98 Å². The molecule has 1 saturated carbocycles. The lowest BCUT2D eigenvalue weighted by molar-refractivity contribution is 0.475. The zero-order chi connectivity index (χ0) is 15.7. The molecule has 0 aliphatic heterocycles. The summed E-state index contributed by atoms with van der Waals surface area (Å²) in [4.78, 5) is 9.07. The Morgan fingerprint density at radius 1 is 1.23 bits per heavy atom. The molecule has 2 aromatic rings. The highest BCUT2D eigenvalue weighted by Crippen LogP contribution is 2.40. The van der Waals surface area contributed by atoms with Crippen molar-refractivity contribution in [1.82, 2.24) is 9.97 Å². The quantitative estimate of drug-likeness (QED) is 0.718. The van der Waals surface area contributed by atoms with Crippen LogP contribution in [-0.2, 0) is 0 Å². The van der Waals surface area contributed by atoms with Crippen LogP contribution in [0.25, 0.3) is 0 Å². The number of anilines is 3. The molecule has 5 nitrogen and oxygen atoms in total. The fourth-order valence-electron chi connectivity index (χ4n) is 2.18. The lowest BCUT2D eigenvalue weighted by Crippen LogP contribution is -2.14. The van der Waals surface area contributed by atoms with E-state index in [0.717, 1.165) is 5.69 Å². The first kappa shape index (κ1) is 14.9. The van der Waals surface area contributed by atoms with Crippen LogP contribution in [0.15, 0.2) is 24.3 Å². The van der Waals surface area contributed by atoms with Crippen LogP contribution in [0.1, 0.15) is 38.3 Å². The van der Waals surface area contributed by atoms with Gasteiger partial charge >= 0.3 is 0 Å². The molecular weight excluding hydrogens is 300 g/mol. The molecule has 1 aromatic carbocycles. The van der Waals surface area contributed by atoms with Crippen molar-refractivity contribution in [3.63, 3.8) is 0 Å². The highest BCUT2D eigenvalue weighted by molar-refractivity contribution is 6.33. The molecule has 0 bridgehead atoms. The van der Waals surface area contributed by atoms with Crippen molar-refractivity contribution in [2.45, 2.75) is 38.6 Å². The Labute approximate surface area is 134 Å². The van der Waals surface area contributed by atoms with Gasteiger partial charge in [0.1, 0.15) is 11.6 Å². The van der Waals surface area contributed by atoms with E-state index in [1.165, 1.54) is 18.9 Å². The normalized spacial score (nSPS) is 14.2. The Kier molecular flexibility index (Phi) is 4.07. The second kappa shape index (κ2) is 6.01. The minimum Gasteiger partial charge on any atom is -0.508 e. The number of nitrogens with one attached hydrogen (secondary N) is 2. The van der Waals surface area contributed by atoms with E-state index in [9.17, 15) is 5.11 Å². The Hall–Kier alpha value is -2.01. The van der Waals surface area contributed by atoms with Crippen LogP contribution in [0.2, 0.25) is 5.02 Å². The largest absolute Gasteiger partial charge is 0.508 e. The van der Waals surface area contributed by atoms with E-state index in [-0.39, 0.29) is 11.8 Å². The van der Waals surface area contributed by atoms with E-state index < -0.39 is 0 Å². The number of phenolic OH excluding ortho intramolecular Hbond substituents is 1. The number of rotatable bonds is 5. The monoisotopic (exact) mass is 318 g/mol. The zero-order valence-electron chi connectivity index (χ0n) is 12.6. The summed E-state index contributed by atoms with van der Waals surface area (Å²) in [6.07, 6.45) is 2.36. The molecule has 1 aromatic heterocycles. The first-order valence-electron chi connectivity index (χ1n) is 7.42. The van der Waals surface area contributed by atoms with Crippen LogP contribution in [0, 0.1) is 0 Å². The molecule has 0 saturated heterocycles. The molecule has 22 heavy (non-hydrogen) atoms. The lowest BCUT2D eigenvalue weighted by atomic mass is 10.2. The van der Waals surface area contributed by atoms with Gasteiger partial charge in [-0.2, -0.15) is 4.98 Å². The fourth-order valence-corrected chi connectivity index (χ4v) is 2.41. The lowest BCUT2D eigenvalue weighted by Gasteiger charge is -2.13. The third-order valence-corrected chi connectivity index (χ3v) is 3.69. The number of hydrogen-bond acceptors (Lipinski definition) is 5. The van der Waals surface area contributed by atoms with Gasteiger partial charge in [-0.15, -0.1) is 0 Å². The van der Waals surface area contributed by atoms with E-state index in [1.54, 1.807) is 12.1 Å². The first-order valence-corrected chi connectivity index (χ1v) is 7.80. The Morgan fingerprint density at radius 3 is 2.64 bits per heavy atom. The molecule has 6 heteroatoms. The topological polar surface area (TPSA) is 70.1 Å². The van der Waals surface area contributed by atoms with Gasteiger partial charge in [-0.05, 0) is 38.8 Å². The van der Waals surface area contributed by atoms with Crippen molar-refractivity contribution >= 4 is 29.1 Å². The predicted octanol–water partition coefficient (Wildman–Crippen LogP) is 4.28. The fraction of sp³-hybridized carbons (Fsp3) is 0.375. The number of hydrogen-bond donors (Lipinski definition) is 3. The van der Waals surface area contributed by atoms with Crippen molar-refractivity contribution in [2.24, 2.45) is 0 Å². The molecule has 3 N–H and O–H groups in total. The van der Waals surface area contributed by atoms with Crippen LogP contribution in [0.5, 0.6) is 5.75 Å².